The fraction of sp³-hybridized carbons (Fsp3) is 0.368. The quantitative estimate of drug-likeness (QED) is 0.817. The van der Waals surface area contributed by atoms with Crippen molar-refractivity contribution < 1.29 is 4.74 Å². The highest BCUT2D eigenvalue weighted by Crippen LogP contribution is 2.27. The summed E-state index contributed by atoms with van der Waals surface area (Å²) >= 11 is 6.13. The van der Waals surface area contributed by atoms with Gasteiger partial charge in [0.25, 0.3) is 0 Å². The largest absolute Gasteiger partial charge is 0.379 e. The van der Waals surface area contributed by atoms with Crippen LogP contribution in [0.5, 0.6) is 0 Å². The number of ether oxygens (including phenoxy) is 1. The fourth-order valence-electron chi connectivity index (χ4n) is 2.99. The van der Waals surface area contributed by atoms with Gasteiger partial charge in [-0.3, -0.25) is 4.90 Å². The smallest absolute Gasteiger partial charge is 0.0594 e. The SMILES string of the molecule is Clc1cccc(-c2ccccc2CCCN2CCOCC2)c1. The molecule has 1 aliphatic rings. The van der Waals surface area contributed by atoms with Crippen LogP contribution >= 0.6 is 11.6 Å². The third-order valence-electron chi connectivity index (χ3n) is 4.18. The van der Waals surface area contributed by atoms with Crippen LogP contribution < -0.4 is 0 Å². The number of morpholine rings is 1. The Morgan fingerprint density at radius 2 is 1.82 bits per heavy atom. The van der Waals surface area contributed by atoms with Gasteiger partial charge in [-0.2, -0.15) is 0 Å². The molecule has 2 aromatic rings. The van der Waals surface area contributed by atoms with E-state index in [1.54, 1.807) is 0 Å². The van der Waals surface area contributed by atoms with Crippen molar-refractivity contribution in [1.29, 1.82) is 0 Å². The fourth-order valence-corrected chi connectivity index (χ4v) is 3.18. The molecule has 1 saturated heterocycles. The van der Waals surface area contributed by atoms with Crippen LogP contribution in [0.25, 0.3) is 11.1 Å². The van der Waals surface area contributed by atoms with Gasteiger partial charge in [-0.1, -0.05) is 48.0 Å². The van der Waals surface area contributed by atoms with Gasteiger partial charge in [0.15, 0.2) is 0 Å². The topological polar surface area (TPSA) is 12.5 Å². The zero-order chi connectivity index (χ0) is 15.2. The number of hydrogen-bond donors (Lipinski definition) is 0. The summed E-state index contributed by atoms with van der Waals surface area (Å²) in [6.07, 6.45) is 2.28. The predicted molar refractivity (Wildman–Crippen MR) is 92.5 cm³/mol. The molecule has 2 nitrogen and oxygen atoms in total. The van der Waals surface area contributed by atoms with E-state index in [4.69, 9.17) is 16.3 Å². The van der Waals surface area contributed by atoms with E-state index >= 15 is 0 Å². The van der Waals surface area contributed by atoms with Crippen molar-refractivity contribution in [3.05, 3.63) is 59.1 Å². The van der Waals surface area contributed by atoms with E-state index in [-0.39, 0.29) is 0 Å². The van der Waals surface area contributed by atoms with Crippen LogP contribution in [0.4, 0.5) is 0 Å². The van der Waals surface area contributed by atoms with Gasteiger partial charge in [0.2, 0.25) is 0 Å². The molecule has 0 saturated carbocycles. The number of nitrogens with zero attached hydrogens (tertiary/aromatic N) is 1. The Kier molecular flexibility index (Phi) is 5.49. The van der Waals surface area contributed by atoms with Crippen LogP contribution in [0.2, 0.25) is 5.02 Å². The lowest BCUT2D eigenvalue weighted by Gasteiger charge is -2.26. The summed E-state index contributed by atoms with van der Waals surface area (Å²) in [5, 5.41) is 0.792. The Morgan fingerprint density at radius 1 is 1.00 bits per heavy atom. The van der Waals surface area contributed by atoms with Crippen LogP contribution in [-0.2, 0) is 11.2 Å². The minimum atomic E-state index is 0.792. The molecule has 0 unspecified atom stereocenters. The van der Waals surface area contributed by atoms with Gasteiger partial charge in [0, 0.05) is 18.1 Å². The molecule has 0 spiro atoms. The highest BCUT2D eigenvalue weighted by Gasteiger charge is 2.10. The van der Waals surface area contributed by atoms with Gasteiger partial charge in [-0.05, 0) is 48.2 Å². The predicted octanol–water partition coefficient (Wildman–Crippen LogP) is 4.27. The van der Waals surface area contributed by atoms with Crippen LogP contribution in [0.3, 0.4) is 0 Å². The summed E-state index contributed by atoms with van der Waals surface area (Å²) in [5.41, 5.74) is 3.90. The second-order valence-corrected chi connectivity index (χ2v) is 6.16. The first kappa shape index (κ1) is 15.5. The number of halogens is 1. The summed E-state index contributed by atoms with van der Waals surface area (Å²) in [6, 6.07) is 16.8. The second kappa shape index (κ2) is 7.77. The molecule has 116 valence electrons. The van der Waals surface area contributed by atoms with Crippen LogP contribution in [0, 0.1) is 0 Å². The van der Waals surface area contributed by atoms with Crippen LogP contribution in [-0.4, -0.2) is 37.7 Å². The molecule has 0 N–H and O–H groups in total. The van der Waals surface area contributed by atoms with Crippen LogP contribution in [0.15, 0.2) is 48.5 Å². The van der Waals surface area contributed by atoms with Gasteiger partial charge < -0.3 is 4.74 Å². The highest BCUT2D eigenvalue weighted by molar-refractivity contribution is 6.30. The zero-order valence-electron chi connectivity index (χ0n) is 12.8. The Labute approximate surface area is 137 Å². The first-order valence-corrected chi connectivity index (χ1v) is 8.35. The van der Waals surface area contributed by atoms with Crippen molar-refractivity contribution in [2.45, 2.75) is 12.8 Å². The van der Waals surface area contributed by atoms with Gasteiger partial charge in [-0.25, -0.2) is 0 Å². The maximum atomic E-state index is 6.13. The Bertz CT molecular complexity index is 608. The van der Waals surface area contributed by atoms with E-state index in [2.05, 4.69) is 35.2 Å². The molecule has 0 bridgehead atoms. The van der Waals surface area contributed by atoms with E-state index in [0.717, 1.165) is 44.3 Å². The minimum absolute atomic E-state index is 0.792. The van der Waals surface area contributed by atoms with Crippen LogP contribution in [0.1, 0.15) is 12.0 Å². The normalized spacial score (nSPS) is 15.9. The molecule has 2 aromatic carbocycles. The maximum absolute atomic E-state index is 6.13. The second-order valence-electron chi connectivity index (χ2n) is 5.73. The lowest BCUT2D eigenvalue weighted by atomic mass is 9.96. The lowest BCUT2D eigenvalue weighted by molar-refractivity contribution is 0.0375. The molecule has 1 fully saturated rings. The van der Waals surface area contributed by atoms with E-state index in [0.29, 0.717) is 0 Å². The molecule has 0 radical (unpaired) electrons. The Hall–Kier alpha value is -1.35. The van der Waals surface area contributed by atoms with E-state index in [9.17, 15) is 0 Å². The molecule has 0 aromatic heterocycles. The molecule has 3 rings (SSSR count). The van der Waals surface area contributed by atoms with Gasteiger partial charge >= 0.3 is 0 Å². The molecule has 0 atom stereocenters. The molecular weight excluding hydrogens is 294 g/mol. The first-order valence-electron chi connectivity index (χ1n) is 7.97. The summed E-state index contributed by atoms with van der Waals surface area (Å²) in [4.78, 5) is 2.49. The molecule has 3 heteroatoms. The number of aryl methyl sites for hydroxylation is 1. The maximum Gasteiger partial charge on any atom is 0.0594 e. The van der Waals surface area contributed by atoms with Crippen molar-refractivity contribution in [1.82, 2.24) is 4.90 Å². The lowest BCUT2D eigenvalue weighted by Crippen LogP contribution is -2.36. The number of rotatable bonds is 5. The number of hydrogen-bond acceptors (Lipinski definition) is 2. The van der Waals surface area contributed by atoms with Crippen molar-refractivity contribution in [2.24, 2.45) is 0 Å². The summed E-state index contributed by atoms with van der Waals surface area (Å²) in [5.74, 6) is 0. The van der Waals surface area contributed by atoms with E-state index in [1.807, 2.05) is 18.2 Å². The van der Waals surface area contributed by atoms with Gasteiger partial charge in [0.05, 0.1) is 13.2 Å². The molecule has 1 aliphatic heterocycles. The third kappa shape index (κ3) is 4.10. The minimum Gasteiger partial charge on any atom is -0.379 e. The number of benzene rings is 2. The summed E-state index contributed by atoms with van der Waals surface area (Å²) < 4.78 is 5.40. The van der Waals surface area contributed by atoms with E-state index in [1.165, 1.54) is 23.1 Å². The molecule has 0 aliphatic carbocycles. The average molecular weight is 316 g/mol. The zero-order valence-corrected chi connectivity index (χ0v) is 13.6. The van der Waals surface area contributed by atoms with Gasteiger partial charge in [-0.15, -0.1) is 0 Å². The third-order valence-corrected chi connectivity index (χ3v) is 4.41. The molecule has 1 heterocycles. The van der Waals surface area contributed by atoms with Crippen molar-refractivity contribution in [3.63, 3.8) is 0 Å². The summed E-state index contributed by atoms with van der Waals surface area (Å²) in [6.45, 7) is 5.03. The monoisotopic (exact) mass is 315 g/mol. The Balaban J connectivity index is 1.66. The highest BCUT2D eigenvalue weighted by atomic mass is 35.5. The average Bonchev–Trinajstić information content (AvgIpc) is 2.56. The standard InChI is InChI=1S/C19H22ClNO/c20-18-8-3-6-17(15-18)19-9-2-1-5-16(19)7-4-10-21-11-13-22-14-12-21/h1-3,5-6,8-9,15H,4,7,10-14H2. The molecular formula is C19H22ClNO. The van der Waals surface area contributed by atoms with Gasteiger partial charge in [0.1, 0.15) is 0 Å². The first-order chi connectivity index (χ1) is 10.8. The molecule has 22 heavy (non-hydrogen) atoms. The summed E-state index contributed by atoms with van der Waals surface area (Å²) in [7, 11) is 0. The molecule has 0 amide bonds. The van der Waals surface area contributed by atoms with Crippen molar-refractivity contribution in [2.75, 3.05) is 32.8 Å². The van der Waals surface area contributed by atoms with E-state index < -0.39 is 0 Å². The van der Waals surface area contributed by atoms with Crippen molar-refractivity contribution >= 4 is 11.6 Å². The van der Waals surface area contributed by atoms with Crippen molar-refractivity contribution in [3.8, 4) is 11.1 Å². The Morgan fingerprint density at radius 3 is 2.64 bits per heavy atom.